The zero-order valence-electron chi connectivity index (χ0n) is 18.8. The van der Waals surface area contributed by atoms with Gasteiger partial charge in [0.25, 0.3) is 0 Å². The first-order valence-corrected chi connectivity index (χ1v) is 11.3. The number of hydrogen-bond donors (Lipinski definition) is 1. The number of nitrogens with one attached hydrogen (secondary N) is 1. The number of piperidine rings is 1. The Labute approximate surface area is 181 Å². The number of ether oxygens (including phenoxy) is 1. The van der Waals surface area contributed by atoms with E-state index < -0.39 is 0 Å². The second kappa shape index (κ2) is 11.1. The third-order valence-electron chi connectivity index (χ3n) is 5.93. The fourth-order valence-corrected chi connectivity index (χ4v) is 4.24. The third-order valence-corrected chi connectivity index (χ3v) is 5.93. The first kappa shape index (κ1) is 22.2. The summed E-state index contributed by atoms with van der Waals surface area (Å²) in [5.74, 6) is 2.66. The van der Waals surface area contributed by atoms with E-state index in [4.69, 9.17) is 9.73 Å². The molecule has 2 saturated heterocycles. The van der Waals surface area contributed by atoms with Crippen LogP contribution in [0.3, 0.4) is 0 Å². The monoisotopic (exact) mass is 415 g/mol. The van der Waals surface area contributed by atoms with Crippen molar-refractivity contribution in [2.75, 3.05) is 64.4 Å². The van der Waals surface area contributed by atoms with Crippen LogP contribution in [0.2, 0.25) is 0 Å². The molecule has 0 saturated carbocycles. The summed E-state index contributed by atoms with van der Waals surface area (Å²) in [7, 11) is 1.70. The van der Waals surface area contributed by atoms with E-state index in [0.29, 0.717) is 18.9 Å². The van der Waals surface area contributed by atoms with Gasteiger partial charge in [0.05, 0.1) is 13.7 Å². The molecule has 7 nitrogen and oxygen atoms in total. The van der Waals surface area contributed by atoms with Gasteiger partial charge in [-0.1, -0.05) is 13.0 Å². The first-order valence-electron chi connectivity index (χ1n) is 11.3. The first-order chi connectivity index (χ1) is 14.6. The van der Waals surface area contributed by atoms with Crippen LogP contribution in [-0.4, -0.2) is 81.1 Å². The van der Waals surface area contributed by atoms with Crippen LogP contribution in [-0.2, 0) is 4.79 Å². The number of nitrogens with zero attached hydrogens (tertiary/aromatic N) is 4. The van der Waals surface area contributed by atoms with Crippen molar-refractivity contribution in [3.05, 3.63) is 24.3 Å². The Hall–Kier alpha value is -2.44. The Morgan fingerprint density at radius 3 is 2.70 bits per heavy atom. The van der Waals surface area contributed by atoms with Gasteiger partial charge in [0.1, 0.15) is 5.75 Å². The molecule has 1 aromatic carbocycles. The highest BCUT2D eigenvalue weighted by atomic mass is 16.5. The number of piperazine rings is 1. The quantitative estimate of drug-likeness (QED) is 0.571. The maximum atomic E-state index is 12.5. The summed E-state index contributed by atoms with van der Waals surface area (Å²) in [6, 6.07) is 8.22. The Morgan fingerprint density at radius 2 is 2.00 bits per heavy atom. The molecule has 1 N–H and O–H groups in total. The van der Waals surface area contributed by atoms with E-state index in [1.54, 1.807) is 7.11 Å². The van der Waals surface area contributed by atoms with Crippen molar-refractivity contribution >= 4 is 17.6 Å². The normalized spacial score (nSPS) is 20.3. The molecule has 166 valence electrons. The second-order valence-corrected chi connectivity index (χ2v) is 8.25. The van der Waals surface area contributed by atoms with E-state index >= 15 is 0 Å². The van der Waals surface area contributed by atoms with Gasteiger partial charge in [-0.05, 0) is 37.8 Å². The topological polar surface area (TPSA) is 60.4 Å². The summed E-state index contributed by atoms with van der Waals surface area (Å²) < 4.78 is 5.35. The molecule has 0 bridgehead atoms. The fourth-order valence-electron chi connectivity index (χ4n) is 4.24. The summed E-state index contributed by atoms with van der Waals surface area (Å²) in [6.45, 7) is 11.2. The van der Waals surface area contributed by atoms with Crippen LogP contribution < -0.4 is 15.0 Å². The van der Waals surface area contributed by atoms with Crippen LogP contribution in [0, 0.1) is 5.92 Å². The molecule has 1 aromatic rings. The number of likely N-dealkylation sites (tertiary alicyclic amines) is 1. The highest BCUT2D eigenvalue weighted by molar-refractivity contribution is 5.81. The molecular weight excluding hydrogens is 378 g/mol. The van der Waals surface area contributed by atoms with Crippen molar-refractivity contribution in [1.29, 1.82) is 0 Å². The molecule has 0 aromatic heterocycles. The summed E-state index contributed by atoms with van der Waals surface area (Å²) >= 11 is 0. The largest absolute Gasteiger partial charge is 0.497 e. The standard InChI is InChI=1S/C23H37N5O2/c1-4-24-23(25-11-10-22(29)28-12-6-7-19(2)18-28)27-15-13-26(14-16-27)20-8-5-9-21(17-20)30-3/h5,8-9,17,19H,4,6-7,10-16,18H2,1-3H3,(H,24,25). The highest BCUT2D eigenvalue weighted by Crippen LogP contribution is 2.22. The maximum Gasteiger partial charge on any atom is 0.224 e. The van der Waals surface area contributed by atoms with Gasteiger partial charge < -0.3 is 24.8 Å². The number of guanidine groups is 1. The molecule has 2 aliphatic rings. The molecule has 2 heterocycles. The summed E-state index contributed by atoms with van der Waals surface area (Å²) in [6.07, 6.45) is 2.84. The number of carbonyl (C=O) groups is 1. The Balaban J connectivity index is 1.51. The molecule has 0 spiro atoms. The molecule has 1 amide bonds. The van der Waals surface area contributed by atoms with Gasteiger partial charge in [0.2, 0.25) is 5.91 Å². The second-order valence-electron chi connectivity index (χ2n) is 8.25. The minimum absolute atomic E-state index is 0.240. The molecule has 0 aliphatic carbocycles. The molecule has 3 rings (SSSR count). The molecule has 30 heavy (non-hydrogen) atoms. The lowest BCUT2D eigenvalue weighted by molar-refractivity contribution is -0.132. The summed E-state index contributed by atoms with van der Waals surface area (Å²) in [5.41, 5.74) is 1.19. The van der Waals surface area contributed by atoms with E-state index in [1.165, 1.54) is 12.1 Å². The van der Waals surface area contributed by atoms with Crippen molar-refractivity contribution in [3.8, 4) is 5.75 Å². The van der Waals surface area contributed by atoms with Crippen molar-refractivity contribution < 1.29 is 9.53 Å². The molecule has 2 fully saturated rings. The summed E-state index contributed by atoms with van der Waals surface area (Å²) in [5, 5.41) is 3.40. The van der Waals surface area contributed by atoms with Crippen LogP contribution in [0.5, 0.6) is 5.75 Å². The number of methoxy groups -OCH3 is 1. The van der Waals surface area contributed by atoms with E-state index in [2.05, 4.69) is 41.1 Å². The average molecular weight is 416 g/mol. The molecule has 1 atom stereocenters. The Bertz CT molecular complexity index is 715. The molecule has 7 heteroatoms. The van der Waals surface area contributed by atoms with Gasteiger partial charge >= 0.3 is 0 Å². The Morgan fingerprint density at radius 1 is 1.20 bits per heavy atom. The fraction of sp³-hybridized carbons (Fsp3) is 0.652. The number of aliphatic imine (C=N–C) groups is 1. The highest BCUT2D eigenvalue weighted by Gasteiger charge is 2.22. The van der Waals surface area contributed by atoms with Crippen LogP contribution in [0.25, 0.3) is 0 Å². The van der Waals surface area contributed by atoms with Crippen LogP contribution in [0.4, 0.5) is 5.69 Å². The number of amides is 1. The van der Waals surface area contributed by atoms with Crippen LogP contribution >= 0.6 is 0 Å². The predicted octanol–water partition coefficient (Wildman–Crippen LogP) is 2.43. The number of anilines is 1. The lowest BCUT2D eigenvalue weighted by atomic mass is 10.00. The molecule has 2 aliphatic heterocycles. The zero-order chi connectivity index (χ0) is 21.3. The summed E-state index contributed by atoms with van der Waals surface area (Å²) in [4.78, 5) is 24.0. The minimum atomic E-state index is 0.240. The molecule has 1 unspecified atom stereocenters. The van der Waals surface area contributed by atoms with Gasteiger partial charge in [0, 0.05) is 64.0 Å². The number of hydrogen-bond acceptors (Lipinski definition) is 4. The van der Waals surface area contributed by atoms with Gasteiger partial charge in [-0.15, -0.1) is 0 Å². The number of carbonyl (C=O) groups excluding carboxylic acids is 1. The van der Waals surface area contributed by atoms with E-state index in [1.807, 2.05) is 17.0 Å². The lowest BCUT2D eigenvalue weighted by Crippen LogP contribution is -2.52. The molecule has 0 radical (unpaired) electrons. The van der Waals surface area contributed by atoms with E-state index in [0.717, 1.165) is 63.9 Å². The van der Waals surface area contributed by atoms with Gasteiger partial charge in [-0.25, -0.2) is 0 Å². The van der Waals surface area contributed by atoms with Crippen molar-refractivity contribution in [1.82, 2.24) is 15.1 Å². The zero-order valence-corrected chi connectivity index (χ0v) is 18.8. The maximum absolute atomic E-state index is 12.5. The van der Waals surface area contributed by atoms with Gasteiger partial charge in [-0.2, -0.15) is 0 Å². The minimum Gasteiger partial charge on any atom is -0.497 e. The van der Waals surface area contributed by atoms with Crippen LogP contribution in [0.15, 0.2) is 29.3 Å². The Kier molecular flexibility index (Phi) is 8.22. The van der Waals surface area contributed by atoms with Crippen molar-refractivity contribution in [2.45, 2.75) is 33.1 Å². The van der Waals surface area contributed by atoms with Crippen molar-refractivity contribution in [3.63, 3.8) is 0 Å². The third kappa shape index (κ3) is 6.03. The predicted molar refractivity (Wildman–Crippen MR) is 122 cm³/mol. The SMILES string of the molecule is CCNC(=NCCC(=O)N1CCCC(C)C1)N1CCN(c2cccc(OC)c2)CC1. The number of rotatable bonds is 6. The van der Waals surface area contributed by atoms with E-state index in [-0.39, 0.29) is 5.91 Å². The average Bonchev–Trinajstić information content (AvgIpc) is 2.78. The van der Waals surface area contributed by atoms with Gasteiger partial charge in [0.15, 0.2) is 5.96 Å². The smallest absolute Gasteiger partial charge is 0.224 e. The number of benzene rings is 1. The van der Waals surface area contributed by atoms with E-state index in [9.17, 15) is 4.79 Å². The lowest BCUT2D eigenvalue weighted by Gasteiger charge is -2.37. The molecular formula is C23H37N5O2. The van der Waals surface area contributed by atoms with Crippen molar-refractivity contribution in [2.24, 2.45) is 10.9 Å². The van der Waals surface area contributed by atoms with Crippen LogP contribution in [0.1, 0.15) is 33.1 Å². The van der Waals surface area contributed by atoms with Gasteiger partial charge in [-0.3, -0.25) is 9.79 Å².